The van der Waals surface area contributed by atoms with E-state index in [1.165, 1.54) is 28.2 Å². The molecule has 1 aromatic heterocycles. The molecular weight excluding hydrogens is 469 g/mol. The summed E-state index contributed by atoms with van der Waals surface area (Å²) in [6, 6.07) is 4.77. The number of morpholine rings is 1. The van der Waals surface area contributed by atoms with E-state index in [0.29, 0.717) is 11.7 Å². The highest BCUT2D eigenvalue weighted by Crippen LogP contribution is 2.21. The molecule has 1 amide bonds. The predicted molar refractivity (Wildman–Crippen MR) is 113 cm³/mol. The molecule has 13 heteroatoms. The topological polar surface area (TPSA) is 101 Å². The standard InChI is InChI=1S/C19H23F3N4O4S2/c1-12-7-26(8-13(2)30-12)9-15-10-31-18(24-15)25-17(27)14-4-3-5-16(6-14)32(28,29)23-11-19(20,21)22/h3-6,10,12-13,23H,7-9,11H2,1-2H3,(H,24,25,27)/t12-,13-/m1/s1. The fraction of sp³-hybridized carbons (Fsp3) is 0.474. The zero-order chi connectivity index (χ0) is 23.5. The van der Waals surface area contributed by atoms with Crippen LogP contribution in [-0.4, -0.2) is 62.2 Å². The molecule has 2 N–H and O–H groups in total. The Hall–Kier alpha value is -2.06. The fourth-order valence-corrected chi connectivity index (χ4v) is 5.07. The van der Waals surface area contributed by atoms with Crippen LogP contribution in [0.1, 0.15) is 29.9 Å². The molecule has 1 fully saturated rings. The van der Waals surface area contributed by atoms with Gasteiger partial charge in [0.15, 0.2) is 5.13 Å². The number of hydrogen-bond acceptors (Lipinski definition) is 7. The minimum absolute atomic E-state index is 0.0209. The van der Waals surface area contributed by atoms with Crippen LogP contribution in [0.15, 0.2) is 34.5 Å². The van der Waals surface area contributed by atoms with Crippen molar-refractivity contribution in [3.8, 4) is 0 Å². The van der Waals surface area contributed by atoms with Crippen molar-refractivity contribution in [2.24, 2.45) is 0 Å². The van der Waals surface area contributed by atoms with Crippen LogP contribution in [0.3, 0.4) is 0 Å². The van der Waals surface area contributed by atoms with Gasteiger partial charge in [-0.25, -0.2) is 18.1 Å². The SMILES string of the molecule is C[C@@H]1CN(Cc2csc(NC(=O)c3cccc(S(=O)(=O)NCC(F)(F)F)c3)n2)C[C@@H](C)O1. The summed E-state index contributed by atoms with van der Waals surface area (Å²) in [6.07, 6.45) is -4.46. The lowest BCUT2D eigenvalue weighted by atomic mass is 10.2. The molecule has 1 aromatic carbocycles. The van der Waals surface area contributed by atoms with E-state index in [1.807, 2.05) is 19.2 Å². The molecule has 0 radical (unpaired) electrons. The minimum Gasteiger partial charge on any atom is -0.373 e. The van der Waals surface area contributed by atoms with Gasteiger partial charge in [0.05, 0.1) is 22.8 Å². The predicted octanol–water partition coefficient (Wildman–Crippen LogP) is 2.85. The van der Waals surface area contributed by atoms with Gasteiger partial charge in [-0.2, -0.15) is 13.2 Å². The van der Waals surface area contributed by atoms with Crippen molar-refractivity contribution in [3.63, 3.8) is 0 Å². The highest BCUT2D eigenvalue weighted by atomic mass is 32.2. The second kappa shape index (κ2) is 9.83. The lowest BCUT2D eigenvalue weighted by molar-refractivity contribution is -0.121. The minimum atomic E-state index is -4.69. The summed E-state index contributed by atoms with van der Waals surface area (Å²) in [6.45, 7) is 4.45. The zero-order valence-electron chi connectivity index (χ0n) is 17.3. The summed E-state index contributed by atoms with van der Waals surface area (Å²) in [7, 11) is -4.42. The van der Waals surface area contributed by atoms with Crippen molar-refractivity contribution in [1.82, 2.24) is 14.6 Å². The Bertz CT molecular complexity index is 1050. The molecule has 0 unspecified atom stereocenters. The summed E-state index contributed by atoms with van der Waals surface area (Å²) >= 11 is 1.23. The van der Waals surface area contributed by atoms with Crippen LogP contribution in [-0.2, 0) is 21.3 Å². The Morgan fingerprint density at radius 1 is 1.28 bits per heavy atom. The van der Waals surface area contributed by atoms with Gasteiger partial charge in [-0.1, -0.05) is 6.07 Å². The van der Waals surface area contributed by atoms with E-state index < -0.39 is 33.5 Å². The van der Waals surface area contributed by atoms with Crippen molar-refractivity contribution in [1.29, 1.82) is 0 Å². The van der Waals surface area contributed by atoms with Gasteiger partial charge in [0.25, 0.3) is 5.91 Å². The summed E-state index contributed by atoms with van der Waals surface area (Å²) in [5, 5.41) is 4.76. The van der Waals surface area contributed by atoms with Crippen molar-refractivity contribution in [2.75, 3.05) is 25.0 Å². The number of alkyl halides is 3. The first kappa shape index (κ1) is 24.6. The number of sulfonamides is 1. The molecule has 0 aliphatic carbocycles. The number of hydrogen-bond donors (Lipinski definition) is 2. The maximum absolute atomic E-state index is 12.5. The average Bonchev–Trinajstić information content (AvgIpc) is 3.12. The lowest BCUT2D eigenvalue weighted by Crippen LogP contribution is -2.44. The number of benzene rings is 1. The quantitative estimate of drug-likeness (QED) is 0.617. The third kappa shape index (κ3) is 6.97. The van der Waals surface area contributed by atoms with E-state index in [2.05, 4.69) is 15.2 Å². The van der Waals surface area contributed by atoms with E-state index >= 15 is 0 Å². The number of ether oxygens (including phenoxy) is 1. The number of nitrogens with zero attached hydrogens (tertiary/aromatic N) is 2. The number of rotatable bonds is 7. The van der Waals surface area contributed by atoms with Crippen LogP contribution in [0.5, 0.6) is 0 Å². The maximum Gasteiger partial charge on any atom is 0.402 e. The van der Waals surface area contributed by atoms with Gasteiger partial charge in [0.2, 0.25) is 10.0 Å². The molecule has 1 aliphatic heterocycles. The number of halogens is 3. The number of carbonyl (C=O) groups is 1. The molecule has 2 aromatic rings. The van der Waals surface area contributed by atoms with Crippen molar-refractivity contribution < 1.29 is 31.1 Å². The Kier molecular flexibility index (Phi) is 7.55. The van der Waals surface area contributed by atoms with Crippen molar-refractivity contribution >= 4 is 32.4 Å². The lowest BCUT2D eigenvalue weighted by Gasteiger charge is -2.34. The third-order valence-corrected chi connectivity index (χ3v) is 6.73. The molecular formula is C19H23F3N4O4S2. The fourth-order valence-electron chi connectivity index (χ4n) is 3.31. The smallest absolute Gasteiger partial charge is 0.373 e. The van der Waals surface area contributed by atoms with Gasteiger partial charge >= 0.3 is 6.18 Å². The molecule has 2 heterocycles. The number of nitrogens with one attached hydrogen (secondary N) is 2. The van der Waals surface area contributed by atoms with Crippen LogP contribution in [0.4, 0.5) is 18.3 Å². The largest absolute Gasteiger partial charge is 0.402 e. The molecule has 0 saturated carbocycles. The van der Waals surface area contributed by atoms with Gasteiger partial charge in [0, 0.05) is 30.6 Å². The molecule has 8 nitrogen and oxygen atoms in total. The maximum atomic E-state index is 12.5. The molecule has 32 heavy (non-hydrogen) atoms. The molecule has 3 rings (SSSR count). The van der Waals surface area contributed by atoms with Gasteiger partial charge in [0.1, 0.15) is 6.54 Å². The van der Waals surface area contributed by atoms with E-state index in [4.69, 9.17) is 4.74 Å². The number of thiazole rings is 1. The van der Waals surface area contributed by atoms with Gasteiger partial charge in [-0.05, 0) is 32.0 Å². The normalized spacial score (nSPS) is 20.3. The highest BCUT2D eigenvalue weighted by Gasteiger charge is 2.30. The molecule has 1 saturated heterocycles. The Labute approximate surface area is 187 Å². The average molecular weight is 493 g/mol. The van der Waals surface area contributed by atoms with Gasteiger partial charge in [-0.3, -0.25) is 15.0 Å². The van der Waals surface area contributed by atoms with Crippen LogP contribution >= 0.6 is 11.3 Å². The second-order valence-electron chi connectivity index (χ2n) is 7.52. The van der Waals surface area contributed by atoms with Crippen molar-refractivity contribution in [2.45, 2.75) is 43.7 Å². The van der Waals surface area contributed by atoms with Crippen molar-refractivity contribution in [3.05, 3.63) is 40.9 Å². The van der Waals surface area contributed by atoms with E-state index in [9.17, 15) is 26.4 Å². The molecule has 0 spiro atoms. The zero-order valence-corrected chi connectivity index (χ0v) is 19.0. The Morgan fingerprint density at radius 3 is 2.62 bits per heavy atom. The highest BCUT2D eigenvalue weighted by molar-refractivity contribution is 7.89. The number of aromatic nitrogens is 1. The molecule has 0 bridgehead atoms. The van der Waals surface area contributed by atoms with Crippen LogP contribution in [0, 0.1) is 0 Å². The van der Waals surface area contributed by atoms with E-state index in [1.54, 1.807) is 0 Å². The van der Waals surface area contributed by atoms with E-state index in [0.717, 1.165) is 30.9 Å². The van der Waals surface area contributed by atoms with Gasteiger partial charge < -0.3 is 4.74 Å². The molecule has 1 aliphatic rings. The van der Waals surface area contributed by atoms with Gasteiger partial charge in [-0.15, -0.1) is 11.3 Å². The molecule has 176 valence electrons. The number of anilines is 1. The van der Waals surface area contributed by atoms with Crippen LogP contribution < -0.4 is 10.0 Å². The Morgan fingerprint density at radius 2 is 1.97 bits per heavy atom. The molecule has 2 atom stereocenters. The summed E-state index contributed by atoms with van der Waals surface area (Å²) < 4.78 is 68.3. The number of carbonyl (C=O) groups excluding carboxylic acids is 1. The summed E-state index contributed by atoms with van der Waals surface area (Å²) in [5.41, 5.74) is 0.756. The first-order valence-corrected chi connectivity index (χ1v) is 12.1. The third-order valence-electron chi connectivity index (χ3n) is 4.52. The number of amides is 1. The first-order valence-electron chi connectivity index (χ1n) is 9.71. The monoisotopic (exact) mass is 492 g/mol. The summed E-state index contributed by atoms with van der Waals surface area (Å²) in [4.78, 5) is 18.7. The first-order chi connectivity index (χ1) is 14.9. The second-order valence-corrected chi connectivity index (χ2v) is 10.1. The van der Waals surface area contributed by atoms with Crippen LogP contribution in [0.25, 0.3) is 0 Å². The van der Waals surface area contributed by atoms with E-state index in [-0.39, 0.29) is 17.8 Å². The Balaban J connectivity index is 1.63. The summed E-state index contributed by atoms with van der Waals surface area (Å²) in [5.74, 6) is -0.618. The van der Waals surface area contributed by atoms with Crippen LogP contribution in [0.2, 0.25) is 0 Å².